The molecule has 0 bridgehead atoms. The number of esters is 1. The molecule has 1 heterocycles. The van der Waals surface area contributed by atoms with E-state index in [1.54, 1.807) is 0 Å². The van der Waals surface area contributed by atoms with Crippen LogP contribution in [0.15, 0.2) is 54.6 Å². The molecule has 0 aromatic heterocycles. The van der Waals surface area contributed by atoms with Crippen LogP contribution in [-0.4, -0.2) is 36.1 Å². The molecule has 0 radical (unpaired) electrons. The van der Waals surface area contributed by atoms with Crippen LogP contribution >= 0.6 is 24.8 Å². The summed E-state index contributed by atoms with van der Waals surface area (Å²) in [5.74, 6) is -0.139. The fourth-order valence-electron chi connectivity index (χ4n) is 3.50. The summed E-state index contributed by atoms with van der Waals surface area (Å²) >= 11 is 0. The first kappa shape index (κ1) is 24.3. The van der Waals surface area contributed by atoms with Gasteiger partial charge in [-0.05, 0) is 44.4 Å². The molecule has 154 valence electrons. The number of halogens is 2. The molecular formula is C22H30Cl2N2O2. The van der Waals surface area contributed by atoms with Gasteiger partial charge in [-0.1, -0.05) is 48.0 Å². The highest BCUT2D eigenvalue weighted by Gasteiger charge is 2.42. The van der Waals surface area contributed by atoms with Crippen LogP contribution in [0.2, 0.25) is 0 Å². The molecule has 0 saturated carbocycles. The van der Waals surface area contributed by atoms with Crippen molar-refractivity contribution in [2.45, 2.75) is 38.8 Å². The molecule has 28 heavy (non-hydrogen) atoms. The van der Waals surface area contributed by atoms with Crippen molar-refractivity contribution in [3.05, 3.63) is 65.7 Å². The molecule has 2 aromatic carbocycles. The maximum Gasteiger partial charge on any atom is 0.331 e. The molecular weight excluding hydrogens is 395 g/mol. The Morgan fingerprint density at radius 1 is 1.04 bits per heavy atom. The van der Waals surface area contributed by atoms with Crippen molar-refractivity contribution in [3.63, 3.8) is 0 Å². The van der Waals surface area contributed by atoms with Crippen LogP contribution in [-0.2, 0) is 16.1 Å². The molecule has 0 spiro atoms. The number of ether oxygens (including phenoxy) is 1. The number of rotatable bonds is 6. The standard InChI is InChI=1S/C22H28N2O2.2ClH/c1-3-26-21(25)22(23-20-11-9-18(2)10-12-20)13-15-24(16-14-22)17-19-7-5-4-6-8-19;;/h4-12,23H,3,13-17H2,1-2H3;2*1H. The fourth-order valence-corrected chi connectivity index (χ4v) is 3.50. The van der Waals surface area contributed by atoms with Crippen LogP contribution in [0.3, 0.4) is 0 Å². The summed E-state index contributed by atoms with van der Waals surface area (Å²) < 4.78 is 5.41. The Kier molecular flexibility index (Phi) is 9.80. The van der Waals surface area contributed by atoms with Gasteiger partial charge in [-0.3, -0.25) is 4.90 Å². The highest BCUT2D eigenvalue weighted by molar-refractivity contribution is 5.86. The molecule has 1 N–H and O–H groups in total. The molecule has 0 aliphatic carbocycles. The van der Waals surface area contributed by atoms with Crippen LogP contribution in [0.1, 0.15) is 30.9 Å². The van der Waals surface area contributed by atoms with Gasteiger partial charge < -0.3 is 10.1 Å². The van der Waals surface area contributed by atoms with Gasteiger partial charge in [0.15, 0.2) is 0 Å². The average molecular weight is 425 g/mol. The Hall–Kier alpha value is -1.75. The Labute approximate surface area is 180 Å². The van der Waals surface area contributed by atoms with Crippen LogP contribution in [0, 0.1) is 6.92 Å². The number of carbonyl (C=O) groups excluding carboxylic acids is 1. The second-order valence-electron chi connectivity index (χ2n) is 7.06. The van der Waals surface area contributed by atoms with E-state index in [1.807, 2.05) is 25.1 Å². The summed E-state index contributed by atoms with van der Waals surface area (Å²) in [7, 11) is 0. The van der Waals surface area contributed by atoms with E-state index in [2.05, 4.69) is 53.5 Å². The number of piperidine rings is 1. The molecule has 6 heteroatoms. The van der Waals surface area contributed by atoms with Crippen molar-refractivity contribution in [2.24, 2.45) is 0 Å². The zero-order chi connectivity index (χ0) is 18.4. The number of carbonyl (C=O) groups is 1. The van der Waals surface area contributed by atoms with Gasteiger partial charge in [-0.15, -0.1) is 24.8 Å². The molecule has 1 aliphatic rings. The Bertz CT molecular complexity index is 715. The normalized spacial score (nSPS) is 15.6. The van der Waals surface area contributed by atoms with Gasteiger partial charge in [-0.25, -0.2) is 4.79 Å². The minimum atomic E-state index is -0.640. The summed E-state index contributed by atoms with van der Waals surface area (Å²) in [6, 6.07) is 18.7. The second-order valence-corrected chi connectivity index (χ2v) is 7.06. The minimum absolute atomic E-state index is 0. The van der Waals surface area contributed by atoms with E-state index in [4.69, 9.17) is 4.74 Å². The molecule has 0 unspecified atom stereocenters. The van der Waals surface area contributed by atoms with Crippen LogP contribution in [0.4, 0.5) is 5.69 Å². The molecule has 0 amide bonds. The van der Waals surface area contributed by atoms with E-state index in [0.717, 1.165) is 38.2 Å². The summed E-state index contributed by atoms with van der Waals surface area (Å²) in [6.45, 7) is 6.99. The van der Waals surface area contributed by atoms with E-state index in [0.29, 0.717) is 6.61 Å². The predicted molar refractivity (Wildman–Crippen MR) is 120 cm³/mol. The third kappa shape index (κ3) is 6.13. The largest absolute Gasteiger partial charge is 0.464 e. The van der Waals surface area contributed by atoms with Crippen LogP contribution in [0.25, 0.3) is 0 Å². The molecule has 1 aliphatic heterocycles. The van der Waals surface area contributed by atoms with Crippen molar-refractivity contribution in [2.75, 3.05) is 25.0 Å². The van der Waals surface area contributed by atoms with E-state index < -0.39 is 5.54 Å². The molecule has 4 nitrogen and oxygen atoms in total. The summed E-state index contributed by atoms with van der Waals surface area (Å²) in [4.78, 5) is 15.2. The first-order valence-corrected chi connectivity index (χ1v) is 9.40. The van der Waals surface area contributed by atoms with Gasteiger partial charge in [0, 0.05) is 25.3 Å². The predicted octanol–water partition coefficient (Wildman–Crippen LogP) is 4.85. The topological polar surface area (TPSA) is 41.6 Å². The first-order chi connectivity index (χ1) is 12.6. The van der Waals surface area contributed by atoms with Crippen molar-refractivity contribution in [3.8, 4) is 0 Å². The molecule has 2 aromatic rings. The first-order valence-electron chi connectivity index (χ1n) is 9.40. The zero-order valence-corrected chi connectivity index (χ0v) is 18.2. The maximum atomic E-state index is 12.8. The number of hydrogen-bond donors (Lipinski definition) is 1. The lowest BCUT2D eigenvalue weighted by Crippen LogP contribution is -2.55. The average Bonchev–Trinajstić information content (AvgIpc) is 2.66. The van der Waals surface area contributed by atoms with Gasteiger partial charge in [-0.2, -0.15) is 0 Å². The van der Waals surface area contributed by atoms with Crippen molar-refractivity contribution < 1.29 is 9.53 Å². The lowest BCUT2D eigenvalue weighted by Gasteiger charge is -2.41. The second kappa shape index (κ2) is 11.3. The number of aryl methyl sites for hydroxylation is 1. The van der Waals surface area contributed by atoms with E-state index in [9.17, 15) is 4.79 Å². The van der Waals surface area contributed by atoms with Crippen molar-refractivity contribution in [1.82, 2.24) is 4.90 Å². The third-order valence-corrected chi connectivity index (χ3v) is 5.06. The lowest BCUT2D eigenvalue weighted by molar-refractivity contribution is -0.150. The van der Waals surface area contributed by atoms with Crippen LogP contribution < -0.4 is 5.32 Å². The van der Waals surface area contributed by atoms with E-state index in [-0.39, 0.29) is 30.8 Å². The van der Waals surface area contributed by atoms with E-state index in [1.165, 1.54) is 11.1 Å². The highest BCUT2D eigenvalue weighted by atomic mass is 35.5. The highest BCUT2D eigenvalue weighted by Crippen LogP contribution is 2.29. The minimum Gasteiger partial charge on any atom is -0.464 e. The number of nitrogens with zero attached hydrogens (tertiary/aromatic N) is 1. The van der Waals surface area contributed by atoms with E-state index >= 15 is 0 Å². The number of likely N-dealkylation sites (tertiary alicyclic amines) is 1. The molecule has 0 atom stereocenters. The Balaban J connectivity index is 0.00000196. The van der Waals surface area contributed by atoms with Gasteiger partial charge in [0.2, 0.25) is 0 Å². The van der Waals surface area contributed by atoms with Gasteiger partial charge in [0.1, 0.15) is 5.54 Å². The van der Waals surface area contributed by atoms with Crippen molar-refractivity contribution in [1.29, 1.82) is 0 Å². The summed E-state index contributed by atoms with van der Waals surface area (Å²) in [5.41, 5.74) is 2.85. The third-order valence-electron chi connectivity index (χ3n) is 5.06. The van der Waals surface area contributed by atoms with Crippen molar-refractivity contribution >= 4 is 36.5 Å². The van der Waals surface area contributed by atoms with Gasteiger partial charge in [0.25, 0.3) is 0 Å². The summed E-state index contributed by atoms with van der Waals surface area (Å²) in [5, 5.41) is 3.49. The maximum absolute atomic E-state index is 12.8. The zero-order valence-electron chi connectivity index (χ0n) is 16.5. The smallest absolute Gasteiger partial charge is 0.331 e. The van der Waals surface area contributed by atoms with Gasteiger partial charge in [0.05, 0.1) is 6.61 Å². The number of anilines is 1. The quantitative estimate of drug-likeness (QED) is 0.672. The number of benzene rings is 2. The Morgan fingerprint density at radius 3 is 2.21 bits per heavy atom. The van der Waals surface area contributed by atoms with Crippen LogP contribution in [0.5, 0.6) is 0 Å². The molecule has 1 saturated heterocycles. The summed E-state index contributed by atoms with van der Waals surface area (Å²) in [6.07, 6.45) is 1.49. The monoisotopic (exact) mass is 424 g/mol. The number of hydrogen-bond acceptors (Lipinski definition) is 4. The molecule has 3 rings (SSSR count). The Morgan fingerprint density at radius 2 is 1.64 bits per heavy atom. The van der Waals surface area contributed by atoms with Gasteiger partial charge >= 0.3 is 5.97 Å². The SMILES string of the molecule is CCOC(=O)C1(Nc2ccc(C)cc2)CCN(Cc2ccccc2)CC1.Cl.Cl. The fraction of sp³-hybridized carbons (Fsp3) is 0.409. The number of nitrogens with one attached hydrogen (secondary N) is 1. The molecule has 1 fully saturated rings. The lowest BCUT2D eigenvalue weighted by atomic mass is 9.86.